The second kappa shape index (κ2) is 5.33. The Labute approximate surface area is 117 Å². The summed E-state index contributed by atoms with van der Waals surface area (Å²) in [4.78, 5) is 13.9. The zero-order valence-electron chi connectivity index (χ0n) is 10.7. The second-order valence-electron chi connectivity index (χ2n) is 4.40. The summed E-state index contributed by atoms with van der Waals surface area (Å²) >= 11 is 5.96. The molecule has 0 radical (unpaired) electrons. The monoisotopic (exact) mass is 275 g/mol. The third-order valence-electron chi connectivity index (χ3n) is 2.83. The van der Waals surface area contributed by atoms with Crippen molar-refractivity contribution in [1.82, 2.24) is 0 Å². The number of amides is 1. The van der Waals surface area contributed by atoms with E-state index in [-0.39, 0.29) is 11.7 Å². The van der Waals surface area contributed by atoms with Gasteiger partial charge in [-0.25, -0.2) is 0 Å². The third kappa shape index (κ3) is 3.06. The Morgan fingerprint density at radius 1 is 1.16 bits per heavy atom. The molecule has 19 heavy (non-hydrogen) atoms. The molecule has 0 saturated heterocycles. The number of carbonyl (C=O) groups is 1. The Bertz CT molecular complexity index is 588. The van der Waals surface area contributed by atoms with Crippen molar-refractivity contribution < 1.29 is 9.90 Å². The van der Waals surface area contributed by atoms with Crippen molar-refractivity contribution in [3.05, 3.63) is 58.6 Å². The standard InChI is InChI=1S/C15H14ClNO2/c1-10-7-11(9-12(16)8-10)15(19)17(2)13-3-5-14(18)6-4-13/h3-9,18H,1-2H3. The van der Waals surface area contributed by atoms with Crippen molar-refractivity contribution in [3.63, 3.8) is 0 Å². The van der Waals surface area contributed by atoms with E-state index in [9.17, 15) is 9.90 Å². The second-order valence-corrected chi connectivity index (χ2v) is 4.83. The molecular formula is C15H14ClNO2. The van der Waals surface area contributed by atoms with Gasteiger partial charge in [-0.3, -0.25) is 4.79 Å². The van der Waals surface area contributed by atoms with Crippen molar-refractivity contribution in [2.45, 2.75) is 6.92 Å². The number of benzene rings is 2. The van der Waals surface area contributed by atoms with Gasteiger partial charge >= 0.3 is 0 Å². The lowest BCUT2D eigenvalue weighted by Crippen LogP contribution is -2.26. The molecule has 0 aromatic heterocycles. The molecule has 1 amide bonds. The van der Waals surface area contributed by atoms with Gasteiger partial charge in [0.05, 0.1) is 0 Å². The van der Waals surface area contributed by atoms with E-state index in [0.29, 0.717) is 16.3 Å². The fraction of sp³-hybridized carbons (Fsp3) is 0.133. The van der Waals surface area contributed by atoms with Crippen LogP contribution in [0.4, 0.5) is 5.69 Å². The number of aryl methyl sites for hydroxylation is 1. The average Bonchev–Trinajstić information content (AvgIpc) is 2.37. The first-order valence-electron chi connectivity index (χ1n) is 5.81. The molecule has 0 saturated carbocycles. The van der Waals surface area contributed by atoms with Crippen LogP contribution in [0.2, 0.25) is 5.02 Å². The fourth-order valence-electron chi connectivity index (χ4n) is 1.85. The van der Waals surface area contributed by atoms with Crippen molar-refractivity contribution in [3.8, 4) is 5.75 Å². The van der Waals surface area contributed by atoms with Gasteiger partial charge in [-0.1, -0.05) is 11.6 Å². The van der Waals surface area contributed by atoms with Crippen molar-refractivity contribution in [1.29, 1.82) is 0 Å². The molecule has 0 fully saturated rings. The fourth-order valence-corrected chi connectivity index (χ4v) is 2.14. The van der Waals surface area contributed by atoms with Crippen molar-refractivity contribution >= 4 is 23.2 Å². The van der Waals surface area contributed by atoms with Gasteiger partial charge in [0, 0.05) is 23.3 Å². The molecule has 0 spiro atoms. The molecule has 0 aliphatic heterocycles. The van der Waals surface area contributed by atoms with Gasteiger partial charge in [0.15, 0.2) is 0 Å². The van der Waals surface area contributed by atoms with Crippen LogP contribution in [0.15, 0.2) is 42.5 Å². The number of aromatic hydroxyl groups is 1. The summed E-state index contributed by atoms with van der Waals surface area (Å²) in [6, 6.07) is 11.7. The third-order valence-corrected chi connectivity index (χ3v) is 3.05. The number of anilines is 1. The zero-order chi connectivity index (χ0) is 14.0. The van der Waals surface area contributed by atoms with Crippen LogP contribution in [0, 0.1) is 6.92 Å². The van der Waals surface area contributed by atoms with Gasteiger partial charge in [-0.05, 0) is 55.0 Å². The van der Waals surface area contributed by atoms with Gasteiger partial charge in [0.25, 0.3) is 5.91 Å². The molecule has 0 heterocycles. The van der Waals surface area contributed by atoms with Gasteiger partial charge < -0.3 is 10.0 Å². The smallest absolute Gasteiger partial charge is 0.258 e. The Kier molecular flexibility index (Phi) is 3.76. The summed E-state index contributed by atoms with van der Waals surface area (Å²) in [5.74, 6) is 0.0273. The average molecular weight is 276 g/mol. The molecule has 2 aromatic carbocycles. The predicted octanol–water partition coefficient (Wildman–Crippen LogP) is 3.63. The number of phenolic OH excluding ortho intramolecular Hbond substituents is 1. The topological polar surface area (TPSA) is 40.5 Å². The minimum absolute atomic E-state index is 0.142. The summed E-state index contributed by atoms with van der Waals surface area (Å²) < 4.78 is 0. The van der Waals surface area contributed by atoms with Gasteiger partial charge in [0.1, 0.15) is 5.75 Å². The Hall–Kier alpha value is -2.00. The van der Waals surface area contributed by atoms with E-state index >= 15 is 0 Å². The molecule has 0 aliphatic carbocycles. The highest BCUT2D eigenvalue weighted by atomic mass is 35.5. The summed E-state index contributed by atoms with van der Waals surface area (Å²) in [5, 5.41) is 9.79. The molecule has 3 nitrogen and oxygen atoms in total. The molecule has 2 rings (SSSR count). The van der Waals surface area contributed by atoms with Crippen LogP contribution in [-0.4, -0.2) is 18.1 Å². The van der Waals surface area contributed by atoms with Gasteiger partial charge in [-0.15, -0.1) is 0 Å². The predicted molar refractivity (Wildman–Crippen MR) is 77.0 cm³/mol. The SMILES string of the molecule is Cc1cc(Cl)cc(C(=O)N(C)c2ccc(O)cc2)c1. The largest absolute Gasteiger partial charge is 0.508 e. The minimum atomic E-state index is -0.142. The highest BCUT2D eigenvalue weighted by Crippen LogP contribution is 2.21. The molecule has 2 aromatic rings. The van der Waals surface area contributed by atoms with Crippen molar-refractivity contribution in [2.24, 2.45) is 0 Å². The molecule has 4 heteroatoms. The van der Waals surface area contributed by atoms with Crippen LogP contribution in [0.1, 0.15) is 15.9 Å². The molecule has 0 atom stereocenters. The molecular weight excluding hydrogens is 262 g/mol. The Morgan fingerprint density at radius 3 is 2.37 bits per heavy atom. The lowest BCUT2D eigenvalue weighted by molar-refractivity contribution is 0.0993. The molecule has 0 aliphatic rings. The first kappa shape index (κ1) is 13.4. The van der Waals surface area contributed by atoms with E-state index in [1.807, 2.05) is 6.92 Å². The number of hydrogen-bond acceptors (Lipinski definition) is 2. The van der Waals surface area contributed by atoms with E-state index in [2.05, 4.69) is 0 Å². The van der Waals surface area contributed by atoms with Crippen LogP contribution in [0.5, 0.6) is 5.75 Å². The first-order chi connectivity index (χ1) is 8.97. The molecule has 1 N–H and O–H groups in total. The van der Waals surface area contributed by atoms with E-state index < -0.39 is 0 Å². The van der Waals surface area contributed by atoms with Crippen LogP contribution < -0.4 is 4.90 Å². The molecule has 0 bridgehead atoms. The quantitative estimate of drug-likeness (QED) is 0.909. The first-order valence-corrected chi connectivity index (χ1v) is 6.19. The van der Waals surface area contributed by atoms with E-state index in [1.165, 1.54) is 4.90 Å². The number of nitrogens with zero attached hydrogens (tertiary/aromatic N) is 1. The maximum atomic E-state index is 12.3. The lowest BCUT2D eigenvalue weighted by Gasteiger charge is -2.18. The number of rotatable bonds is 2. The number of phenols is 1. The summed E-state index contributed by atoms with van der Waals surface area (Å²) in [5.41, 5.74) is 2.19. The summed E-state index contributed by atoms with van der Waals surface area (Å²) in [6.45, 7) is 1.89. The highest BCUT2D eigenvalue weighted by Gasteiger charge is 2.14. The number of halogens is 1. The molecule has 0 unspecified atom stereocenters. The molecule has 98 valence electrons. The van der Waals surface area contributed by atoms with E-state index in [4.69, 9.17) is 11.6 Å². The van der Waals surface area contributed by atoms with Crippen molar-refractivity contribution in [2.75, 3.05) is 11.9 Å². The highest BCUT2D eigenvalue weighted by molar-refractivity contribution is 6.31. The zero-order valence-corrected chi connectivity index (χ0v) is 11.5. The van der Waals surface area contributed by atoms with E-state index in [0.717, 1.165) is 5.56 Å². The van der Waals surface area contributed by atoms with E-state index in [1.54, 1.807) is 49.5 Å². The Morgan fingerprint density at radius 2 is 1.79 bits per heavy atom. The normalized spacial score (nSPS) is 10.3. The van der Waals surface area contributed by atoms with Crippen LogP contribution >= 0.6 is 11.6 Å². The summed E-state index contributed by atoms with van der Waals surface area (Å²) in [6.07, 6.45) is 0. The van der Waals surface area contributed by atoms with Crippen LogP contribution in [0.3, 0.4) is 0 Å². The number of carbonyl (C=O) groups excluding carboxylic acids is 1. The van der Waals surface area contributed by atoms with Gasteiger partial charge in [0.2, 0.25) is 0 Å². The maximum absolute atomic E-state index is 12.3. The van der Waals surface area contributed by atoms with Crippen LogP contribution in [0.25, 0.3) is 0 Å². The van der Waals surface area contributed by atoms with Crippen LogP contribution in [-0.2, 0) is 0 Å². The summed E-state index contributed by atoms with van der Waals surface area (Å²) in [7, 11) is 1.69. The lowest BCUT2D eigenvalue weighted by atomic mass is 10.1. The number of hydrogen-bond donors (Lipinski definition) is 1. The minimum Gasteiger partial charge on any atom is -0.508 e. The van der Waals surface area contributed by atoms with Gasteiger partial charge in [-0.2, -0.15) is 0 Å². The Balaban J connectivity index is 2.30. The maximum Gasteiger partial charge on any atom is 0.258 e.